The number of rotatable bonds is 0. The molecule has 0 aliphatic rings. The Morgan fingerprint density at radius 2 is 1.67 bits per heavy atom. The van der Waals surface area contributed by atoms with E-state index in [1.807, 2.05) is 24.3 Å². The first kappa shape index (κ1) is 11.7. The third-order valence-corrected chi connectivity index (χ3v) is 0.885. The first-order valence-electron chi connectivity index (χ1n) is 2.32. The zero-order valence-corrected chi connectivity index (χ0v) is 6.81. The molecule has 0 N–H and O–H groups in total. The normalized spacial score (nSPS) is 6.78. The van der Waals surface area contributed by atoms with Crippen LogP contribution < -0.4 is 4.70 Å². The Labute approximate surface area is 70.8 Å². The molecule has 0 unspecified atom stereocenters. The molecule has 1 aromatic rings. The molecule has 0 aliphatic carbocycles. The summed E-state index contributed by atoms with van der Waals surface area (Å²) in [7, 11) is 0. The Morgan fingerprint density at radius 1 is 1.22 bits per heavy atom. The summed E-state index contributed by atoms with van der Waals surface area (Å²) < 4.78 is 0. The van der Waals surface area contributed by atoms with E-state index in [1.54, 1.807) is 0 Å². The van der Waals surface area contributed by atoms with Crippen molar-refractivity contribution in [2.75, 3.05) is 0 Å². The van der Waals surface area contributed by atoms with Crippen LogP contribution in [0.25, 0.3) is 0 Å². The summed E-state index contributed by atoms with van der Waals surface area (Å²) in [6.45, 7) is 2.06. The summed E-state index contributed by atoms with van der Waals surface area (Å²) in [5.74, 6) is 0. The molecular weight excluding hydrogens is 127 g/mol. The van der Waals surface area contributed by atoms with Crippen LogP contribution in [0.3, 0.4) is 0 Å². The van der Waals surface area contributed by atoms with Crippen LogP contribution >= 0.6 is 0 Å². The number of hydrogen-bond acceptors (Lipinski definition) is 0. The predicted molar refractivity (Wildman–Crippen MR) is 35.8 cm³/mol. The maximum atomic E-state index is 2.93. The van der Waals surface area contributed by atoms with Gasteiger partial charge in [0.25, 0.3) is 0 Å². The van der Waals surface area contributed by atoms with Crippen molar-refractivity contribution in [3.63, 3.8) is 0 Å². The van der Waals surface area contributed by atoms with Crippen molar-refractivity contribution in [1.82, 2.24) is 0 Å². The van der Waals surface area contributed by atoms with Crippen molar-refractivity contribution < 1.29 is 4.70 Å². The second-order valence-corrected chi connectivity index (χ2v) is 1.58. The largest absolute Gasteiger partial charge is 2.00 e. The van der Waals surface area contributed by atoms with Crippen LogP contribution in [0.15, 0.2) is 24.3 Å². The minimum absolute atomic E-state index is 0. The van der Waals surface area contributed by atoms with E-state index in [0.29, 0.717) is 0 Å². The van der Waals surface area contributed by atoms with Gasteiger partial charge >= 0.3 is 23.1 Å². The van der Waals surface area contributed by atoms with Gasteiger partial charge in [-0.15, -0.1) is 0 Å². The summed E-state index contributed by atoms with van der Waals surface area (Å²) in [5, 5.41) is 0. The summed E-state index contributed by atoms with van der Waals surface area (Å²) >= 11 is 0. The number of hydrogen-bond donors (Lipinski definition) is 0. The van der Waals surface area contributed by atoms with Crippen LogP contribution in [-0.2, 0) is 0 Å². The first-order valence-corrected chi connectivity index (χ1v) is 2.32. The summed E-state index contributed by atoms with van der Waals surface area (Å²) in [6.07, 6.45) is 0. The van der Waals surface area contributed by atoms with E-state index in [-0.39, 0.29) is 27.8 Å². The van der Waals surface area contributed by atoms with Crippen molar-refractivity contribution in [1.29, 1.82) is 0 Å². The van der Waals surface area contributed by atoms with Crippen molar-refractivity contribution in [3.8, 4) is 0 Å². The molecule has 2 heteroatoms. The fourth-order valence-corrected chi connectivity index (χ4v) is 0.470. The quantitative estimate of drug-likeness (QED) is 0.297. The molecule has 0 nitrogen and oxygen atoms in total. The molecular formula is C7H7FMg. The number of halogens is 1. The van der Waals surface area contributed by atoms with Crippen LogP contribution in [0.5, 0.6) is 0 Å². The Kier molecular flexibility index (Phi) is 7.84. The minimum Gasteiger partial charge on any atom is -1.00 e. The first-order chi connectivity index (χ1) is 3.39. The van der Waals surface area contributed by atoms with Crippen molar-refractivity contribution in [3.05, 3.63) is 35.9 Å². The average Bonchev–Trinajstić information content (AvgIpc) is 1.69. The van der Waals surface area contributed by atoms with Gasteiger partial charge in [0.2, 0.25) is 0 Å². The fourth-order valence-electron chi connectivity index (χ4n) is 0.470. The molecule has 0 aliphatic heterocycles. The smallest absolute Gasteiger partial charge is 1.00 e. The van der Waals surface area contributed by atoms with Gasteiger partial charge in [-0.3, -0.25) is 0 Å². The molecule has 9 heavy (non-hydrogen) atoms. The zero-order valence-electron chi connectivity index (χ0n) is 5.39. The monoisotopic (exact) mass is 134 g/mol. The van der Waals surface area contributed by atoms with E-state index in [2.05, 4.69) is 13.0 Å². The maximum absolute atomic E-state index is 2.93. The second-order valence-electron chi connectivity index (χ2n) is 1.58. The van der Waals surface area contributed by atoms with Gasteiger partial charge in [0, 0.05) is 0 Å². The third kappa shape index (κ3) is 4.42. The van der Waals surface area contributed by atoms with E-state index in [9.17, 15) is 0 Å². The summed E-state index contributed by atoms with van der Waals surface area (Å²) in [6, 6.07) is 10.8. The topological polar surface area (TPSA) is 0 Å². The number of benzene rings is 1. The van der Waals surface area contributed by atoms with Gasteiger partial charge in [-0.1, -0.05) is 6.92 Å². The molecule has 0 saturated heterocycles. The van der Waals surface area contributed by atoms with Crippen LogP contribution in [0, 0.1) is 13.0 Å². The van der Waals surface area contributed by atoms with Crippen LogP contribution in [-0.4, -0.2) is 23.1 Å². The van der Waals surface area contributed by atoms with Gasteiger partial charge in [0.15, 0.2) is 0 Å². The zero-order chi connectivity index (χ0) is 5.11. The van der Waals surface area contributed by atoms with Crippen LogP contribution in [0.4, 0.5) is 0 Å². The maximum Gasteiger partial charge on any atom is 2.00 e. The molecule has 0 saturated carbocycles. The minimum atomic E-state index is 0. The summed E-state index contributed by atoms with van der Waals surface area (Å²) in [5.41, 5.74) is 1.29. The van der Waals surface area contributed by atoms with Gasteiger partial charge < -0.3 is 4.70 Å². The van der Waals surface area contributed by atoms with Crippen molar-refractivity contribution in [2.45, 2.75) is 6.92 Å². The molecule has 0 radical (unpaired) electrons. The van der Waals surface area contributed by atoms with Crippen LogP contribution in [0.1, 0.15) is 5.56 Å². The van der Waals surface area contributed by atoms with E-state index in [1.165, 1.54) is 5.56 Å². The molecule has 0 aromatic heterocycles. The van der Waals surface area contributed by atoms with Crippen LogP contribution in [0.2, 0.25) is 0 Å². The Hall–Kier alpha value is -0.0838. The molecule has 1 aromatic carbocycles. The van der Waals surface area contributed by atoms with Crippen molar-refractivity contribution >= 4 is 23.1 Å². The second kappa shape index (κ2) is 6.04. The van der Waals surface area contributed by atoms with Gasteiger partial charge in [-0.05, 0) is 0 Å². The van der Waals surface area contributed by atoms with Gasteiger partial charge in [0.05, 0.1) is 0 Å². The van der Waals surface area contributed by atoms with Gasteiger partial charge in [0.1, 0.15) is 0 Å². The molecule has 0 spiro atoms. The third-order valence-electron chi connectivity index (χ3n) is 0.885. The Bertz CT molecular complexity index is 139. The molecule has 0 heterocycles. The average molecular weight is 134 g/mol. The van der Waals surface area contributed by atoms with E-state index in [4.69, 9.17) is 0 Å². The Morgan fingerprint density at radius 3 is 1.89 bits per heavy atom. The van der Waals surface area contributed by atoms with Crippen molar-refractivity contribution in [2.24, 2.45) is 0 Å². The van der Waals surface area contributed by atoms with Gasteiger partial charge in [-0.2, -0.15) is 35.9 Å². The SMILES string of the molecule is Cc1cc[c-]cc1.[F-].[Mg+2]. The molecule has 0 amide bonds. The van der Waals surface area contributed by atoms with E-state index >= 15 is 0 Å². The van der Waals surface area contributed by atoms with E-state index < -0.39 is 0 Å². The standard InChI is InChI=1S/C7H7.FH.Mg/c1-7-5-3-2-4-6-7;;/h3-6H,1H3;1H;/q-1;;+2/p-1. The van der Waals surface area contributed by atoms with E-state index in [0.717, 1.165) is 0 Å². The van der Waals surface area contributed by atoms with Gasteiger partial charge in [-0.25, -0.2) is 0 Å². The molecule has 44 valence electrons. The molecule has 1 rings (SSSR count). The summed E-state index contributed by atoms with van der Waals surface area (Å²) in [4.78, 5) is 0. The number of aryl methyl sites for hydroxylation is 1. The predicted octanol–water partition coefficient (Wildman–Crippen LogP) is -1.58. The molecule has 0 atom stereocenters. The fraction of sp³-hybridized carbons (Fsp3) is 0.143. The Balaban J connectivity index is 0. The molecule has 0 fully saturated rings. The molecule has 0 bridgehead atoms.